The molecule has 0 heteroatoms. The smallest absolute Gasteiger partial charge is 0.0108 e. The first-order valence-corrected chi connectivity index (χ1v) is 34.5. The van der Waals surface area contributed by atoms with Crippen LogP contribution in [-0.4, -0.2) is 0 Å². The number of hydrogen-bond acceptors (Lipinski definition) is 0. The van der Waals surface area contributed by atoms with Crippen molar-refractivity contribution in [3.63, 3.8) is 0 Å². The van der Waals surface area contributed by atoms with Gasteiger partial charge in [-0.15, -0.1) is 0 Å². The van der Waals surface area contributed by atoms with Crippen LogP contribution in [0, 0.1) is 41.5 Å². The summed E-state index contributed by atoms with van der Waals surface area (Å²) in [5.74, 6) is 0. The third-order valence-corrected chi connectivity index (χ3v) is 21.3. The molecule has 6 rings (SSSR count). The van der Waals surface area contributed by atoms with E-state index in [-0.39, 0.29) is 0 Å². The van der Waals surface area contributed by atoms with Gasteiger partial charge in [-0.3, -0.25) is 0 Å². The number of benzene rings is 6. The van der Waals surface area contributed by atoms with E-state index in [1.54, 1.807) is 167 Å². The van der Waals surface area contributed by atoms with Gasteiger partial charge in [-0.25, -0.2) is 0 Å². The van der Waals surface area contributed by atoms with Crippen LogP contribution in [0.2, 0.25) is 0 Å². The van der Waals surface area contributed by atoms with Crippen LogP contribution in [0.3, 0.4) is 0 Å². The summed E-state index contributed by atoms with van der Waals surface area (Å²) >= 11 is 0. The maximum absolute atomic E-state index is 2.51. The molecule has 0 spiro atoms. The minimum atomic E-state index is 1.03. The Morgan fingerprint density at radius 1 is 0.110 bits per heavy atom. The lowest BCUT2D eigenvalue weighted by Crippen LogP contribution is -2.17. The van der Waals surface area contributed by atoms with Crippen molar-refractivity contribution >= 4 is 0 Å². The fourth-order valence-corrected chi connectivity index (χ4v) is 17.5. The van der Waals surface area contributed by atoms with Gasteiger partial charge in [0.2, 0.25) is 0 Å². The topological polar surface area (TPSA) is 0 Å². The second kappa shape index (κ2) is 28.5. The maximum Gasteiger partial charge on any atom is -0.0108 e. The number of hydrogen-bond donors (Lipinski definition) is 0. The molecule has 0 radical (unpaired) electrons. The second-order valence-electron chi connectivity index (χ2n) is 24.1. The standard InChI is InChI=1S/C82H118/c1-27-53-49(23)47(21)50(24)54(28-2)73(53)75-57(31-5)61(35-9)77(62(36-10)58(75)32-6)79-65(39-13)69(43-17)81(70(44-18)66(79)40-14)82-71(45-19)67(41-15)80(68(42-16)72(82)46-20)78-63(37-11)59(33-7)76(60(34-8)64(78)38-12)74-55(29-3)51(25)48(22)52(26)56(74)30-4/h27-46H2,1-26H3. The van der Waals surface area contributed by atoms with Gasteiger partial charge in [-0.05, 0) is 370 Å². The van der Waals surface area contributed by atoms with Gasteiger partial charge in [-0.1, -0.05) is 138 Å². The molecule has 0 aliphatic heterocycles. The average Bonchev–Trinajstić information content (AvgIpc) is 1.12. The second-order valence-corrected chi connectivity index (χ2v) is 24.1. The largest absolute Gasteiger partial charge is 0.0613 e. The Hall–Kier alpha value is -4.68. The van der Waals surface area contributed by atoms with Crippen LogP contribution in [0.4, 0.5) is 0 Å². The molecule has 0 unspecified atom stereocenters. The Bertz CT molecular complexity index is 2910. The molecule has 0 N–H and O–H groups in total. The molecule has 82 heavy (non-hydrogen) atoms. The molecule has 6 aromatic carbocycles. The van der Waals surface area contributed by atoms with E-state index >= 15 is 0 Å². The first-order valence-electron chi connectivity index (χ1n) is 34.5. The van der Waals surface area contributed by atoms with Crippen LogP contribution in [0.5, 0.6) is 0 Å². The van der Waals surface area contributed by atoms with Gasteiger partial charge in [0.05, 0.1) is 0 Å². The molecule has 0 bridgehead atoms. The van der Waals surface area contributed by atoms with Gasteiger partial charge in [0.25, 0.3) is 0 Å². The van der Waals surface area contributed by atoms with Crippen molar-refractivity contribution in [3.05, 3.63) is 145 Å². The van der Waals surface area contributed by atoms with Gasteiger partial charge in [0, 0.05) is 0 Å². The van der Waals surface area contributed by atoms with E-state index in [9.17, 15) is 0 Å². The van der Waals surface area contributed by atoms with Crippen molar-refractivity contribution in [1.29, 1.82) is 0 Å². The molecule has 446 valence electrons. The highest BCUT2D eigenvalue weighted by molar-refractivity contribution is 5.96. The van der Waals surface area contributed by atoms with E-state index in [1.165, 1.54) is 33.4 Å². The molecule has 0 saturated heterocycles. The molecule has 0 aromatic heterocycles. The van der Waals surface area contributed by atoms with Crippen LogP contribution in [0.1, 0.15) is 283 Å². The zero-order valence-corrected chi connectivity index (χ0v) is 58.1. The van der Waals surface area contributed by atoms with E-state index in [2.05, 4.69) is 180 Å². The lowest BCUT2D eigenvalue weighted by molar-refractivity contribution is 0.939. The minimum Gasteiger partial charge on any atom is -0.0613 e. The zero-order chi connectivity index (χ0) is 60.9. The molecule has 0 amide bonds. The van der Waals surface area contributed by atoms with Gasteiger partial charge in [-0.2, -0.15) is 0 Å². The van der Waals surface area contributed by atoms with Crippen molar-refractivity contribution in [1.82, 2.24) is 0 Å². The van der Waals surface area contributed by atoms with Crippen LogP contribution >= 0.6 is 0 Å². The van der Waals surface area contributed by atoms with Crippen molar-refractivity contribution in [3.8, 4) is 55.6 Å². The monoisotopic (exact) mass is 1100 g/mol. The summed E-state index contributed by atoms with van der Waals surface area (Å²) in [6, 6.07) is 0. The molecule has 6 aromatic rings. The van der Waals surface area contributed by atoms with Crippen LogP contribution in [0.15, 0.2) is 0 Å². The quantitative estimate of drug-likeness (QED) is 0.0536. The molecule has 0 saturated carbocycles. The highest BCUT2D eigenvalue weighted by Gasteiger charge is 2.35. The third kappa shape index (κ3) is 10.5. The normalized spacial score (nSPS) is 11.8. The lowest BCUT2D eigenvalue weighted by atomic mass is 9.69. The summed E-state index contributed by atoms with van der Waals surface area (Å²) in [7, 11) is 0. The maximum atomic E-state index is 2.51. The summed E-state index contributed by atoms with van der Waals surface area (Å²) in [5, 5.41) is 0. The summed E-state index contributed by atoms with van der Waals surface area (Å²) in [6.45, 7) is 63.9. The molecule has 0 heterocycles. The first-order chi connectivity index (χ1) is 39.4. The fourth-order valence-electron chi connectivity index (χ4n) is 17.5. The van der Waals surface area contributed by atoms with E-state index in [4.69, 9.17) is 0 Å². The lowest BCUT2D eigenvalue weighted by Gasteiger charge is -2.35. The van der Waals surface area contributed by atoms with Gasteiger partial charge in [0.15, 0.2) is 0 Å². The van der Waals surface area contributed by atoms with Crippen LogP contribution in [-0.2, 0) is 128 Å². The van der Waals surface area contributed by atoms with Gasteiger partial charge in [0.1, 0.15) is 0 Å². The Balaban J connectivity index is 1.90. The van der Waals surface area contributed by atoms with Crippen molar-refractivity contribution in [2.45, 2.75) is 308 Å². The highest BCUT2D eigenvalue weighted by atomic mass is 14.4. The minimum absolute atomic E-state index is 1.03. The fraction of sp³-hybridized carbons (Fsp3) is 0.561. The molecule has 0 atom stereocenters. The molecule has 0 nitrogen and oxygen atoms in total. The van der Waals surface area contributed by atoms with E-state index in [0.717, 1.165) is 128 Å². The van der Waals surface area contributed by atoms with Crippen molar-refractivity contribution in [2.24, 2.45) is 0 Å². The molecular formula is C82H118. The van der Waals surface area contributed by atoms with E-state index < -0.39 is 0 Å². The van der Waals surface area contributed by atoms with Crippen LogP contribution < -0.4 is 0 Å². The number of rotatable bonds is 25. The SMILES string of the molecule is CCc1c(C)c(C)c(C)c(CC)c1-c1c(CC)c(CC)c(-c2c(CC)c(CC)c(-c3c(CC)c(CC)c(-c4c(CC)c(CC)c(-c5c(CC)c(C)c(C)c(C)c5CC)c(CC)c4CC)c(CC)c3CC)c(CC)c2CC)c(CC)c1CC. The average molecular weight is 1100 g/mol. The Morgan fingerprint density at radius 3 is 0.256 bits per heavy atom. The predicted molar refractivity (Wildman–Crippen MR) is 370 cm³/mol. The summed E-state index contributed by atoms with van der Waals surface area (Å²) in [4.78, 5) is 0. The van der Waals surface area contributed by atoms with E-state index in [1.807, 2.05) is 0 Å². The molecule has 0 aliphatic rings. The van der Waals surface area contributed by atoms with Crippen LogP contribution in [0.25, 0.3) is 55.6 Å². The first kappa shape index (κ1) is 66.5. The summed E-state index contributed by atoms with van der Waals surface area (Å²) < 4.78 is 0. The van der Waals surface area contributed by atoms with Gasteiger partial charge < -0.3 is 0 Å². The van der Waals surface area contributed by atoms with E-state index in [0.29, 0.717) is 0 Å². The Kier molecular flexibility index (Phi) is 23.1. The Morgan fingerprint density at radius 2 is 0.183 bits per heavy atom. The summed E-state index contributed by atoms with van der Waals surface area (Å²) in [5.41, 5.74) is 57.3. The predicted octanol–water partition coefficient (Wildman–Crippen LogP) is 23.1. The Labute approximate surface area is 506 Å². The third-order valence-electron chi connectivity index (χ3n) is 21.3. The van der Waals surface area contributed by atoms with Crippen molar-refractivity contribution in [2.75, 3.05) is 0 Å². The zero-order valence-electron chi connectivity index (χ0n) is 58.1. The highest BCUT2D eigenvalue weighted by Crippen LogP contribution is 2.54. The molecular weight excluding hydrogens is 985 g/mol. The summed E-state index contributed by atoms with van der Waals surface area (Å²) in [6.07, 6.45) is 20.8. The van der Waals surface area contributed by atoms with Gasteiger partial charge >= 0.3 is 0 Å². The molecule has 0 fully saturated rings. The molecule has 0 aliphatic carbocycles. The van der Waals surface area contributed by atoms with Crippen molar-refractivity contribution < 1.29 is 0 Å².